The SMILES string of the molecule is Cc1ccc(NC(C)CC2CC2)cc1N(C)C. The summed E-state index contributed by atoms with van der Waals surface area (Å²) in [5.41, 5.74) is 3.87. The normalized spacial score (nSPS) is 16.7. The number of benzene rings is 1. The molecule has 1 saturated carbocycles. The fourth-order valence-corrected chi connectivity index (χ4v) is 2.38. The molecule has 0 radical (unpaired) electrons. The Bertz CT molecular complexity index is 381. The molecule has 2 heteroatoms. The Morgan fingerprint density at radius 1 is 1.35 bits per heavy atom. The maximum Gasteiger partial charge on any atom is 0.0411 e. The molecule has 0 saturated heterocycles. The molecule has 1 aliphatic rings. The van der Waals surface area contributed by atoms with Gasteiger partial charge in [-0.2, -0.15) is 0 Å². The van der Waals surface area contributed by atoms with Crippen LogP contribution in [0.3, 0.4) is 0 Å². The van der Waals surface area contributed by atoms with Crippen LogP contribution in [0.1, 0.15) is 31.7 Å². The largest absolute Gasteiger partial charge is 0.383 e. The maximum atomic E-state index is 3.61. The second-order valence-electron chi connectivity index (χ2n) is 5.62. The molecule has 0 bridgehead atoms. The number of hydrogen-bond acceptors (Lipinski definition) is 2. The van der Waals surface area contributed by atoms with Crippen LogP contribution in [-0.4, -0.2) is 20.1 Å². The molecular formula is C15H24N2. The molecule has 0 spiro atoms. The molecule has 0 amide bonds. The number of nitrogens with zero attached hydrogens (tertiary/aromatic N) is 1. The van der Waals surface area contributed by atoms with Crippen LogP contribution in [0.5, 0.6) is 0 Å². The van der Waals surface area contributed by atoms with Gasteiger partial charge in [0.05, 0.1) is 0 Å². The van der Waals surface area contributed by atoms with Crippen LogP contribution in [0, 0.1) is 12.8 Å². The molecule has 1 aromatic carbocycles. The van der Waals surface area contributed by atoms with Gasteiger partial charge in [-0.05, 0) is 43.9 Å². The van der Waals surface area contributed by atoms with Crippen molar-refractivity contribution in [2.45, 2.75) is 39.2 Å². The van der Waals surface area contributed by atoms with Crippen LogP contribution in [0.25, 0.3) is 0 Å². The van der Waals surface area contributed by atoms with Crippen LogP contribution in [-0.2, 0) is 0 Å². The van der Waals surface area contributed by atoms with E-state index in [1.807, 2.05) is 0 Å². The van der Waals surface area contributed by atoms with Gasteiger partial charge in [-0.25, -0.2) is 0 Å². The van der Waals surface area contributed by atoms with Gasteiger partial charge in [-0.3, -0.25) is 0 Å². The number of anilines is 2. The monoisotopic (exact) mass is 232 g/mol. The summed E-state index contributed by atoms with van der Waals surface area (Å²) in [6.45, 7) is 4.44. The number of rotatable bonds is 5. The van der Waals surface area contributed by atoms with Gasteiger partial charge in [0, 0.05) is 31.5 Å². The van der Waals surface area contributed by atoms with Gasteiger partial charge in [-0.1, -0.05) is 18.9 Å². The zero-order valence-electron chi connectivity index (χ0n) is 11.5. The molecule has 2 nitrogen and oxygen atoms in total. The van der Waals surface area contributed by atoms with Gasteiger partial charge in [0.2, 0.25) is 0 Å². The smallest absolute Gasteiger partial charge is 0.0411 e. The van der Waals surface area contributed by atoms with Crippen molar-refractivity contribution >= 4 is 11.4 Å². The Kier molecular flexibility index (Phi) is 3.60. The summed E-state index contributed by atoms with van der Waals surface area (Å²) in [5, 5.41) is 3.61. The summed E-state index contributed by atoms with van der Waals surface area (Å²) in [4.78, 5) is 2.17. The molecule has 2 rings (SSSR count). The quantitative estimate of drug-likeness (QED) is 0.833. The molecule has 0 heterocycles. The van der Waals surface area contributed by atoms with E-state index >= 15 is 0 Å². The van der Waals surface area contributed by atoms with Crippen molar-refractivity contribution in [1.82, 2.24) is 0 Å². The lowest BCUT2D eigenvalue weighted by molar-refractivity contribution is 0.642. The highest BCUT2D eigenvalue weighted by Crippen LogP contribution is 2.34. The third-order valence-electron chi connectivity index (χ3n) is 3.49. The van der Waals surface area contributed by atoms with E-state index in [1.54, 1.807) is 0 Å². The van der Waals surface area contributed by atoms with Gasteiger partial charge in [0.25, 0.3) is 0 Å². The molecule has 1 fully saturated rings. The molecule has 1 aromatic rings. The fourth-order valence-electron chi connectivity index (χ4n) is 2.38. The molecule has 94 valence electrons. The highest BCUT2D eigenvalue weighted by atomic mass is 15.1. The third-order valence-corrected chi connectivity index (χ3v) is 3.49. The second-order valence-corrected chi connectivity index (χ2v) is 5.62. The Hall–Kier alpha value is -1.18. The molecule has 0 aliphatic heterocycles. The Morgan fingerprint density at radius 2 is 2.06 bits per heavy atom. The van der Waals surface area contributed by atoms with Crippen molar-refractivity contribution in [2.75, 3.05) is 24.3 Å². The zero-order chi connectivity index (χ0) is 12.4. The van der Waals surface area contributed by atoms with E-state index in [4.69, 9.17) is 0 Å². The predicted molar refractivity (Wildman–Crippen MR) is 75.9 cm³/mol. The zero-order valence-corrected chi connectivity index (χ0v) is 11.5. The summed E-state index contributed by atoms with van der Waals surface area (Å²) in [7, 11) is 4.19. The fraction of sp³-hybridized carbons (Fsp3) is 0.600. The first-order valence-corrected chi connectivity index (χ1v) is 6.61. The summed E-state index contributed by atoms with van der Waals surface area (Å²) in [5.74, 6) is 0.983. The van der Waals surface area contributed by atoms with E-state index in [0.717, 1.165) is 5.92 Å². The molecule has 0 aromatic heterocycles. The highest BCUT2D eigenvalue weighted by molar-refractivity contribution is 5.62. The average molecular weight is 232 g/mol. The molecule has 1 atom stereocenters. The van der Waals surface area contributed by atoms with Gasteiger partial charge >= 0.3 is 0 Å². The standard InChI is InChI=1S/C15H24N2/c1-11-5-8-14(10-15(11)17(3)4)16-12(2)9-13-6-7-13/h5,8,10,12-13,16H,6-7,9H2,1-4H3. The first kappa shape index (κ1) is 12.3. The molecule has 17 heavy (non-hydrogen) atoms. The van der Waals surface area contributed by atoms with E-state index in [2.05, 4.69) is 56.4 Å². The van der Waals surface area contributed by atoms with E-state index in [1.165, 1.54) is 36.2 Å². The van der Waals surface area contributed by atoms with Crippen LogP contribution >= 0.6 is 0 Å². The first-order valence-electron chi connectivity index (χ1n) is 6.61. The second kappa shape index (κ2) is 4.99. The van der Waals surface area contributed by atoms with Crippen molar-refractivity contribution < 1.29 is 0 Å². The summed E-state index contributed by atoms with van der Waals surface area (Å²) >= 11 is 0. The Morgan fingerprint density at radius 3 is 2.65 bits per heavy atom. The minimum Gasteiger partial charge on any atom is -0.383 e. The van der Waals surface area contributed by atoms with Gasteiger partial charge < -0.3 is 10.2 Å². The summed E-state index contributed by atoms with van der Waals surface area (Å²) in [6.07, 6.45) is 4.18. The Balaban J connectivity index is 2.02. The summed E-state index contributed by atoms with van der Waals surface area (Å²) < 4.78 is 0. The predicted octanol–water partition coefficient (Wildman–Crippen LogP) is 3.66. The Labute approximate surface area is 105 Å². The topological polar surface area (TPSA) is 15.3 Å². The third kappa shape index (κ3) is 3.39. The maximum absolute atomic E-state index is 3.61. The van der Waals surface area contributed by atoms with Crippen molar-refractivity contribution in [1.29, 1.82) is 0 Å². The van der Waals surface area contributed by atoms with Crippen LogP contribution in [0.4, 0.5) is 11.4 Å². The van der Waals surface area contributed by atoms with Gasteiger partial charge in [0.15, 0.2) is 0 Å². The number of aryl methyl sites for hydroxylation is 1. The molecule has 1 N–H and O–H groups in total. The van der Waals surface area contributed by atoms with Crippen molar-refractivity contribution in [2.24, 2.45) is 5.92 Å². The molecule has 1 aliphatic carbocycles. The van der Waals surface area contributed by atoms with Crippen LogP contribution < -0.4 is 10.2 Å². The minimum atomic E-state index is 0.584. The molecule has 1 unspecified atom stereocenters. The van der Waals surface area contributed by atoms with Crippen LogP contribution in [0.15, 0.2) is 18.2 Å². The van der Waals surface area contributed by atoms with Crippen molar-refractivity contribution in [3.8, 4) is 0 Å². The van der Waals surface area contributed by atoms with Crippen LogP contribution in [0.2, 0.25) is 0 Å². The lowest BCUT2D eigenvalue weighted by Gasteiger charge is -2.20. The lowest BCUT2D eigenvalue weighted by Crippen LogP contribution is -2.16. The highest BCUT2D eigenvalue weighted by Gasteiger charge is 2.23. The lowest BCUT2D eigenvalue weighted by atomic mass is 10.1. The van der Waals surface area contributed by atoms with E-state index in [0.29, 0.717) is 6.04 Å². The number of hydrogen-bond donors (Lipinski definition) is 1. The van der Waals surface area contributed by atoms with Gasteiger partial charge in [-0.15, -0.1) is 0 Å². The van der Waals surface area contributed by atoms with E-state index in [-0.39, 0.29) is 0 Å². The van der Waals surface area contributed by atoms with E-state index in [9.17, 15) is 0 Å². The first-order chi connectivity index (χ1) is 8.06. The van der Waals surface area contributed by atoms with Crippen molar-refractivity contribution in [3.05, 3.63) is 23.8 Å². The number of nitrogens with one attached hydrogen (secondary N) is 1. The van der Waals surface area contributed by atoms with Crippen molar-refractivity contribution in [3.63, 3.8) is 0 Å². The van der Waals surface area contributed by atoms with E-state index < -0.39 is 0 Å². The van der Waals surface area contributed by atoms with Gasteiger partial charge in [0.1, 0.15) is 0 Å². The molecular weight excluding hydrogens is 208 g/mol. The summed E-state index contributed by atoms with van der Waals surface area (Å²) in [6, 6.07) is 7.21. The average Bonchev–Trinajstić information content (AvgIpc) is 3.04. The minimum absolute atomic E-state index is 0.584.